The van der Waals surface area contributed by atoms with Crippen LogP contribution in [0.15, 0.2) is 84.9 Å². The first-order valence-electron chi connectivity index (χ1n) is 11.2. The molecule has 5 nitrogen and oxygen atoms in total. The van der Waals surface area contributed by atoms with Gasteiger partial charge in [0.15, 0.2) is 0 Å². The van der Waals surface area contributed by atoms with E-state index in [1.165, 1.54) is 0 Å². The molecule has 5 heteroatoms. The van der Waals surface area contributed by atoms with Gasteiger partial charge in [-0.2, -0.15) is 0 Å². The number of nitrogens with one attached hydrogen (secondary N) is 1. The third kappa shape index (κ3) is 3.80. The van der Waals surface area contributed by atoms with Crippen molar-refractivity contribution >= 4 is 22.7 Å². The Bertz CT molecular complexity index is 1340. The Labute approximate surface area is 193 Å². The lowest BCUT2D eigenvalue weighted by molar-refractivity contribution is -0.133. The van der Waals surface area contributed by atoms with E-state index in [0.717, 1.165) is 27.6 Å². The third-order valence-electron chi connectivity index (χ3n) is 6.54. The topological polar surface area (TPSA) is 54.3 Å². The van der Waals surface area contributed by atoms with Crippen LogP contribution in [0.1, 0.15) is 34.1 Å². The zero-order valence-corrected chi connectivity index (χ0v) is 18.9. The molecule has 1 aromatic heterocycles. The Morgan fingerprint density at radius 1 is 0.939 bits per heavy atom. The normalized spacial score (nSPS) is 17.8. The molecule has 0 aliphatic carbocycles. The monoisotopic (exact) mass is 437 g/mol. The molecule has 2 amide bonds. The quantitative estimate of drug-likeness (QED) is 0.493. The van der Waals surface area contributed by atoms with Crippen LogP contribution in [0.3, 0.4) is 0 Å². The highest BCUT2D eigenvalue weighted by Gasteiger charge is 2.47. The Morgan fingerprint density at radius 2 is 1.67 bits per heavy atom. The fourth-order valence-electron chi connectivity index (χ4n) is 4.72. The molecule has 1 N–H and O–H groups in total. The van der Waals surface area contributed by atoms with Gasteiger partial charge in [0.05, 0.1) is 6.54 Å². The van der Waals surface area contributed by atoms with E-state index in [1.807, 2.05) is 97.3 Å². The van der Waals surface area contributed by atoms with Gasteiger partial charge in [-0.15, -0.1) is 0 Å². The molecule has 4 aromatic rings. The molecular formula is C28H27N3O2. The smallest absolute Gasteiger partial charge is 0.271 e. The third-order valence-corrected chi connectivity index (χ3v) is 6.54. The van der Waals surface area contributed by atoms with E-state index in [2.05, 4.69) is 11.4 Å². The molecule has 0 fully saturated rings. The predicted octanol–water partition coefficient (Wildman–Crippen LogP) is 4.68. The summed E-state index contributed by atoms with van der Waals surface area (Å²) in [5.41, 5.74) is 3.71. The summed E-state index contributed by atoms with van der Waals surface area (Å²) in [5.74, 6) is -0.285. The Balaban J connectivity index is 1.54. The molecule has 2 heterocycles. The second kappa shape index (κ2) is 8.24. The number of carbonyl (C=O) groups is 2. The highest BCUT2D eigenvalue weighted by molar-refractivity contribution is 6.03. The van der Waals surface area contributed by atoms with Gasteiger partial charge in [0.1, 0.15) is 11.2 Å². The number of aryl methyl sites for hydroxylation is 1. The molecule has 0 spiro atoms. The lowest BCUT2D eigenvalue weighted by atomic mass is 9.93. The van der Waals surface area contributed by atoms with Gasteiger partial charge in [0, 0.05) is 24.0 Å². The van der Waals surface area contributed by atoms with Gasteiger partial charge >= 0.3 is 0 Å². The molecule has 1 atom stereocenters. The van der Waals surface area contributed by atoms with Crippen LogP contribution in [0.5, 0.6) is 0 Å². The first-order valence-corrected chi connectivity index (χ1v) is 11.2. The van der Waals surface area contributed by atoms with Crippen LogP contribution in [0, 0.1) is 6.92 Å². The van der Waals surface area contributed by atoms with E-state index in [4.69, 9.17) is 0 Å². The van der Waals surface area contributed by atoms with Gasteiger partial charge < -0.3 is 14.8 Å². The molecule has 0 radical (unpaired) electrons. The van der Waals surface area contributed by atoms with E-state index in [-0.39, 0.29) is 11.8 Å². The summed E-state index contributed by atoms with van der Waals surface area (Å²) in [7, 11) is 0. The van der Waals surface area contributed by atoms with Gasteiger partial charge in [-0.05, 0) is 37.1 Å². The highest BCUT2D eigenvalue weighted by Crippen LogP contribution is 2.33. The van der Waals surface area contributed by atoms with Crippen molar-refractivity contribution in [1.29, 1.82) is 0 Å². The fourth-order valence-corrected chi connectivity index (χ4v) is 4.72. The maximum atomic E-state index is 13.8. The van der Waals surface area contributed by atoms with Crippen molar-refractivity contribution in [3.05, 3.63) is 107 Å². The van der Waals surface area contributed by atoms with Crippen molar-refractivity contribution in [2.45, 2.75) is 39.0 Å². The van der Waals surface area contributed by atoms with Crippen LogP contribution >= 0.6 is 0 Å². The Kier molecular flexibility index (Phi) is 5.25. The van der Waals surface area contributed by atoms with E-state index in [0.29, 0.717) is 25.3 Å². The Hall–Kier alpha value is -3.86. The maximum Gasteiger partial charge on any atom is 0.271 e. The van der Waals surface area contributed by atoms with Crippen molar-refractivity contribution < 1.29 is 9.59 Å². The van der Waals surface area contributed by atoms with Gasteiger partial charge in [-0.1, -0.05) is 78.4 Å². The second-order valence-corrected chi connectivity index (χ2v) is 9.00. The predicted molar refractivity (Wildman–Crippen MR) is 130 cm³/mol. The lowest BCUT2D eigenvalue weighted by Gasteiger charge is -2.44. The van der Waals surface area contributed by atoms with Crippen LogP contribution in [-0.4, -0.2) is 26.8 Å². The molecular weight excluding hydrogens is 410 g/mol. The van der Waals surface area contributed by atoms with Crippen molar-refractivity contribution in [3.63, 3.8) is 0 Å². The molecule has 3 aromatic carbocycles. The maximum absolute atomic E-state index is 13.8. The zero-order chi connectivity index (χ0) is 23.0. The minimum absolute atomic E-state index is 0.128. The van der Waals surface area contributed by atoms with Gasteiger partial charge in [-0.25, -0.2) is 0 Å². The highest BCUT2D eigenvalue weighted by atomic mass is 16.2. The SMILES string of the molecule is Cc1cccc(CN2C(=O)c3cc4ccccc4n3CC2(C)C(=O)NCc2ccccc2)c1. The first kappa shape index (κ1) is 21.0. The van der Waals surface area contributed by atoms with Crippen LogP contribution in [0.25, 0.3) is 10.9 Å². The molecule has 1 aliphatic heterocycles. The molecule has 0 saturated carbocycles. The number of hydrogen-bond acceptors (Lipinski definition) is 2. The molecule has 166 valence electrons. The number of amides is 2. The van der Waals surface area contributed by atoms with Crippen molar-refractivity contribution in [1.82, 2.24) is 14.8 Å². The number of hydrogen-bond donors (Lipinski definition) is 1. The van der Waals surface area contributed by atoms with E-state index in [1.54, 1.807) is 4.90 Å². The number of rotatable bonds is 5. The number of benzene rings is 3. The molecule has 0 saturated heterocycles. The summed E-state index contributed by atoms with van der Waals surface area (Å²) >= 11 is 0. The van der Waals surface area contributed by atoms with Crippen LogP contribution in [0.2, 0.25) is 0 Å². The summed E-state index contributed by atoms with van der Waals surface area (Å²) in [6, 6.07) is 27.8. The lowest BCUT2D eigenvalue weighted by Crippen LogP contribution is -2.63. The van der Waals surface area contributed by atoms with Gasteiger partial charge in [0.25, 0.3) is 5.91 Å². The average Bonchev–Trinajstić information content (AvgIpc) is 3.19. The number of para-hydroxylation sites is 1. The van der Waals surface area contributed by atoms with Crippen molar-refractivity contribution in [2.75, 3.05) is 0 Å². The minimum atomic E-state index is -1.04. The number of aromatic nitrogens is 1. The number of nitrogens with zero attached hydrogens (tertiary/aromatic N) is 2. The van der Waals surface area contributed by atoms with E-state index < -0.39 is 5.54 Å². The Morgan fingerprint density at radius 3 is 2.45 bits per heavy atom. The van der Waals surface area contributed by atoms with Crippen LogP contribution in [-0.2, 0) is 24.4 Å². The summed E-state index contributed by atoms with van der Waals surface area (Å²) in [6.07, 6.45) is 0. The summed E-state index contributed by atoms with van der Waals surface area (Å²) in [4.78, 5) is 29.2. The number of fused-ring (bicyclic) bond motifs is 3. The van der Waals surface area contributed by atoms with E-state index >= 15 is 0 Å². The molecule has 1 unspecified atom stereocenters. The second-order valence-electron chi connectivity index (χ2n) is 9.00. The largest absolute Gasteiger partial charge is 0.350 e. The summed E-state index contributed by atoms with van der Waals surface area (Å²) < 4.78 is 1.99. The van der Waals surface area contributed by atoms with E-state index in [9.17, 15) is 9.59 Å². The van der Waals surface area contributed by atoms with Crippen LogP contribution in [0.4, 0.5) is 0 Å². The fraction of sp³-hybridized carbons (Fsp3) is 0.214. The average molecular weight is 438 g/mol. The number of carbonyl (C=O) groups excluding carboxylic acids is 2. The molecule has 1 aliphatic rings. The van der Waals surface area contributed by atoms with Gasteiger partial charge in [0.2, 0.25) is 5.91 Å². The van der Waals surface area contributed by atoms with Gasteiger partial charge in [-0.3, -0.25) is 9.59 Å². The summed E-state index contributed by atoms with van der Waals surface area (Å²) in [6.45, 7) is 5.09. The zero-order valence-electron chi connectivity index (χ0n) is 18.9. The summed E-state index contributed by atoms with van der Waals surface area (Å²) in [5, 5.41) is 4.09. The molecule has 0 bridgehead atoms. The van der Waals surface area contributed by atoms with Crippen molar-refractivity contribution in [3.8, 4) is 0 Å². The molecule has 33 heavy (non-hydrogen) atoms. The molecule has 5 rings (SSSR count). The first-order chi connectivity index (χ1) is 16.0. The minimum Gasteiger partial charge on any atom is -0.350 e. The van der Waals surface area contributed by atoms with Crippen molar-refractivity contribution in [2.24, 2.45) is 0 Å². The van der Waals surface area contributed by atoms with Crippen LogP contribution < -0.4 is 5.32 Å². The standard InChI is InChI=1S/C28H27N3O2/c1-20-9-8-12-22(15-20)18-31-26(32)25-16-23-13-6-7-14-24(23)30(25)19-28(31,2)27(33)29-17-21-10-4-3-5-11-21/h3-16H,17-19H2,1-2H3,(H,29,33).